The van der Waals surface area contributed by atoms with Crippen LogP contribution in [0.2, 0.25) is 0 Å². The third-order valence-corrected chi connectivity index (χ3v) is 5.32. The van der Waals surface area contributed by atoms with Gasteiger partial charge in [-0.15, -0.1) is 0 Å². The maximum atomic E-state index is 12.8. The lowest BCUT2D eigenvalue weighted by Gasteiger charge is -2.12. The number of hydrogen-bond acceptors (Lipinski definition) is 5. The van der Waals surface area contributed by atoms with E-state index >= 15 is 0 Å². The number of rotatable bonds is 6. The van der Waals surface area contributed by atoms with Gasteiger partial charge in [-0.05, 0) is 36.6 Å². The standard InChI is InChI=1S/C18H19N3O3S/c1-3-15-6-7-16(17-9-13(2)21-24-17)10-18(15)25(22,23)20-12-14-5-4-8-19-11-14/h4-11,20H,3,12H2,1-2H3. The predicted molar refractivity (Wildman–Crippen MR) is 94.3 cm³/mol. The van der Waals surface area contributed by atoms with Crippen LogP contribution in [-0.4, -0.2) is 18.6 Å². The molecule has 1 aromatic carbocycles. The molecule has 0 fully saturated rings. The molecule has 3 rings (SSSR count). The third kappa shape index (κ3) is 3.94. The number of nitrogens with zero attached hydrogens (tertiary/aromatic N) is 2. The topological polar surface area (TPSA) is 85.1 Å². The molecule has 2 heterocycles. The van der Waals surface area contributed by atoms with Crippen LogP contribution >= 0.6 is 0 Å². The number of benzene rings is 1. The van der Waals surface area contributed by atoms with Crippen LogP contribution in [0.5, 0.6) is 0 Å². The number of pyridine rings is 1. The molecule has 0 aliphatic carbocycles. The lowest BCUT2D eigenvalue weighted by Crippen LogP contribution is -2.24. The second-order valence-electron chi connectivity index (χ2n) is 5.69. The number of sulfonamides is 1. The highest BCUT2D eigenvalue weighted by molar-refractivity contribution is 7.89. The van der Waals surface area contributed by atoms with Gasteiger partial charge in [0.05, 0.1) is 10.6 Å². The molecule has 130 valence electrons. The molecule has 0 atom stereocenters. The zero-order chi connectivity index (χ0) is 17.9. The number of aryl methyl sites for hydroxylation is 2. The van der Waals surface area contributed by atoms with Crippen molar-refractivity contribution < 1.29 is 12.9 Å². The van der Waals surface area contributed by atoms with Gasteiger partial charge < -0.3 is 4.52 Å². The van der Waals surface area contributed by atoms with Crippen molar-refractivity contribution in [3.63, 3.8) is 0 Å². The van der Waals surface area contributed by atoms with E-state index in [9.17, 15) is 8.42 Å². The van der Waals surface area contributed by atoms with Gasteiger partial charge in [-0.2, -0.15) is 0 Å². The summed E-state index contributed by atoms with van der Waals surface area (Å²) in [5.74, 6) is 0.545. The minimum absolute atomic E-state index is 0.185. The normalized spacial score (nSPS) is 11.6. The van der Waals surface area contributed by atoms with E-state index in [-0.39, 0.29) is 11.4 Å². The molecule has 3 aromatic rings. The average Bonchev–Trinajstić information content (AvgIpc) is 3.07. The summed E-state index contributed by atoms with van der Waals surface area (Å²) in [5.41, 5.74) is 2.97. The van der Waals surface area contributed by atoms with Gasteiger partial charge in [-0.3, -0.25) is 4.98 Å². The largest absolute Gasteiger partial charge is 0.356 e. The fraction of sp³-hybridized carbons (Fsp3) is 0.222. The molecule has 25 heavy (non-hydrogen) atoms. The number of nitrogens with one attached hydrogen (secondary N) is 1. The second kappa shape index (κ2) is 7.16. The summed E-state index contributed by atoms with van der Waals surface area (Å²) in [6, 6.07) is 10.7. The van der Waals surface area contributed by atoms with Crippen LogP contribution in [0.3, 0.4) is 0 Å². The molecule has 2 aromatic heterocycles. The Balaban J connectivity index is 1.93. The molecule has 0 aliphatic heterocycles. The first-order valence-electron chi connectivity index (χ1n) is 7.95. The smallest absolute Gasteiger partial charge is 0.241 e. The SMILES string of the molecule is CCc1ccc(-c2cc(C)no2)cc1S(=O)(=O)NCc1cccnc1. The molecule has 0 spiro atoms. The van der Waals surface area contributed by atoms with Crippen LogP contribution in [0.25, 0.3) is 11.3 Å². The molecule has 0 unspecified atom stereocenters. The Morgan fingerprint density at radius 3 is 2.68 bits per heavy atom. The molecule has 0 amide bonds. The quantitative estimate of drug-likeness (QED) is 0.733. The van der Waals surface area contributed by atoms with Gasteiger partial charge >= 0.3 is 0 Å². The summed E-state index contributed by atoms with van der Waals surface area (Å²) < 4.78 is 33.5. The van der Waals surface area contributed by atoms with Crippen molar-refractivity contribution in [1.29, 1.82) is 0 Å². The van der Waals surface area contributed by atoms with Gasteiger partial charge in [0.1, 0.15) is 0 Å². The van der Waals surface area contributed by atoms with E-state index < -0.39 is 10.0 Å². The van der Waals surface area contributed by atoms with E-state index in [4.69, 9.17) is 4.52 Å². The zero-order valence-corrected chi connectivity index (χ0v) is 14.9. The van der Waals surface area contributed by atoms with Crippen molar-refractivity contribution in [2.24, 2.45) is 0 Å². The molecule has 1 N–H and O–H groups in total. The van der Waals surface area contributed by atoms with Gasteiger partial charge in [0.2, 0.25) is 10.0 Å². The van der Waals surface area contributed by atoms with Crippen molar-refractivity contribution in [2.75, 3.05) is 0 Å². The Morgan fingerprint density at radius 2 is 2.04 bits per heavy atom. The average molecular weight is 357 g/mol. The minimum atomic E-state index is -3.66. The summed E-state index contributed by atoms with van der Waals surface area (Å²) in [4.78, 5) is 4.25. The Hall–Kier alpha value is -2.51. The Kier molecular flexibility index (Phi) is 4.96. The first kappa shape index (κ1) is 17.3. The first-order chi connectivity index (χ1) is 12.0. The molecule has 0 saturated carbocycles. The summed E-state index contributed by atoms with van der Waals surface area (Å²) >= 11 is 0. The van der Waals surface area contributed by atoms with Crippen LogP contribution in [0.4, 0.5) is 0 Å². The van der Waals surface area contributed by atoms with E-state index in [0.717, 1.165) is 16.8 Å². The number of aromatic nitrogens is 2. The number of hydrogen-bond donors (Lipinski definition) is 1. The summed E-state index contributed by atoms with van der Waals surface area (Å²) in [7, 11) is -3.66. The molecular formula is C18H19N3O3S. The lowest BCUT2D eigenvalue weighted by atomic mass is 10.1. The maximum absolute atomic E-state index is 12.8. The fourth-order valence-corrected chi connectivity index (χ4v) is 3.86. The predicted octanol–water partition coefficient (Wildman–Crippen LogP) is 3.09. The Morgan fingerprint density at radius 1 is 1.20 bits per heavy atom. The van der Waals surface area contributed by atoms with Gasteiger partial charge in [0.25, 0.3) is 0 Å². The van der Waals surface area contributed by atoms with Gasteiger partial charge in [-0.1, -0.05) is 30.3 Å². The highest BCUT2D eigenvalue weighted by Gasteiger charge is 2.19. The summed E-state index contributed by atoms with van der Waals surface area (Å²) in [5, 5.41) is 3.86. The van der Waals surface area contributed by atoms with Crippen molar-refractivity contribution in [3.8, 4) is 11.3 Å². The van der Waals surface area contributed by atoms with Crippen molar-refractivity contribution in [2.45, 2.75) is 31.7 Å². The van der Waals surface area contributed by atoms with Crippen molar-refractivity contribution >= 4 is 10.0 Å². The van der Waals surface area contributed by atoms with Crippen LogP contribution in [0.15, 0.2) is 58.2 Å². The van der Waals surface area contributed by atoms with Crippen LogP contribution < -0.4 is 4.72 Å². The van der Waals surface area contributed by atoms with Gasteiger partial charge in [0, 0.05) is 30.6 Å². The molecule has 0 radical (unpaired) electrons. The van der Waals surface area contributed by atoms with E-state index in [0.29, 0.717) is 17.7 Å². The lowest BCUT2D eigenvalue weighted by molar-refractivity contribution is 0.427. The monoisotopic (exact) mass is 357 g/mol. The van der Waals surface area contributed by atoms with Crippen molar-refractivity contribution in [3.05, 3.63) is 65.6 Å². The highest BCUT2D eigenvalue weighted by atomic mass is 32.2. The first-order valence-corrected chi connectivity index (χ1v) is 9.43. The van der Waals surface area contributed by atoms with E-state index in [1.54, 1.807) is 30.6 Å². The molecule has 7 heteroatoms. The van der Waals surface area contributed by atoms with Gasteiger partial charge in [0.15, 0.2) is 5.76 Å². The van der Waals surface area contributed by atoms with E-state index in [2.05, 4.69) is 14.9 Å². The van der Waals surface area contributed by atoms with Crippen LogP contribution in [0, 0.1) is 6.92 Å². The molecular weight excluding hydrogens is 338 g/mol. The fourth-order valence-electron chi connectivity index (χ4n) is 2.51. The highest BCUT2D eigenvalue weighted by Crippen LogP contribution is 2.26. The summed E-state index contributed by atoms with van der Waals surface area (Å²) in [6.45, 7) is 3.93. The maximum Gasteiger partial charge on any atom is 0.241 e. The third-order valence-electron chi connectivity index (χ3n) is 3.84. The van der Waals surface area contributed by atoms with Crippen LogP contribution in [-0.2, 0) is 23.0 Å². The minimum Gasteiger partial charge on any atom is -0.356 e. The van der Waals surface area contributed by atoms with Crippen LogP contribution in [0.1, 0.15) is 23.7 Å². The molecule has 0 aliphatic rings. The Labute approximate surface area is 147 Å². The Bertz CT molecular complexity index is 966. The van der Waals surface area contributed by atoms with E-state index in [1.807, 2.05) is 32.0 Å². The zero-order valence-electron chi connectivity index (χ0n) is 14.1. The van der Waals surface area contributed by atoms with E-state index in [1.165, 1.54) is 0 Å². The van der Waals surface area contributed by atoms with Gasteiger partial charge in [-0.25, -0.2) is 13.1 Å². The molecule has 0 bridgehead atoms. The molecule has 6 nitrogen and oxygen atoms in total. The van der Waals surface area contributed by atoms with Crippen molar-refractivity contribution in [1.82, 2.24) is 14.9 Å². The molecule has 0 saturated heterocycles. The summed E-state index contributed by atoms with van der Waals surface area (Å²) in [6.07, 6.45) is 3.89. The second-order valence-corrected chi connectivity index (χ2v) is 7.43.